The van der Waals surface area contributed by atoms with Gasteiger partial charge in [-0.2, -0.15) is 4.31 Å². The SMILES string of the molecule is CS(=O)(=O)N1CCN(C(=O)O)CC1CCO. The summed E-state index contributed by atoms with van der Waals surface area (Å²) >= 11 is 0. The Labute approximate surface area is 94.3 Å². The van der Waals surface area contributed by atoms with E-state index in [1.165, 1.54) is 9.21 Å². The topological polar surface area (TPSA) is 98.2 Å². The lowest BCUT2D eigenvalue weighted by molar-refractivity contribution is 0.0957. The average Bonchev–Trinajstić information content (AvgIpc) is 2.16. The lowest BCUT2D eigenvalue weighted by Gasteiger charge is -2.38. The summed E-state index contributed by atoms with van der Waals surface area (Å²) in [6, 6.07) is -0.468. The molecule has 2 N–H and O–H groups in total. The molecule has 0 radical (unpaired) electrons. The van der Waals surface area contributed by atoms with Gasteiger partial charge in [-0.1, -0.05) is 0 Å². The van der Waals surface area contributed by atoms with E-state index < -0.39 is 22.2 Å². The first kappa shape index (κ1) is 13.2. The van der Waals surface area contributed by atoms with Gasteiger partial charge in [0, 0.05) is 32.3 Å². The second-order valence-electron chi connectivity index (χ2n) is 3.77. The molecule has 8 heteroatoms. The first-order valence-electron chi connectivity index (χ1n) is 4.92. The van der Waals surface area contributed by atoms with Gasteiger partial charge < -0.3 is 15.1 Å². The number of nitrogens with zero attached hydrogens (tertiary/aromatic N) is 2. The Morgan fingerprint density at radius 3 is 2.50 bits per heavy atom. The van der Waals surface area contributed by atoms with Crippen LogP contribution < -0.4 is 0 Å². The van der Waals surface area contributed by atoms with Crippen molar-refractivity contribution < 1.29 is 23.4 Å². The Hall–Kier alpha value is -0.860. The molecule has 1 amide bonds. The van der Waals surface area contributed by atoms with Gasteiger partial charge >= 0.3 is 6.09 Å². The Morgan fingerprint density at radius 2 is 2.06 bits per heavy atom. The predicted octanol–water partition coefficient (Wildman–Crippen LogP) is -1.01. The van der Waals surface area contributed by atoms with Crippen molar-refractivity contribution in [2.75, 3.05) is 32.5 Å². The van der Waals surface area contributed by atoms with E-state index in [1.54, 1.807) is 0 Å². The highest BCUT2D eigenvalue weighted by atomic mass is 32.2. The van der Waals surface area contributed by atoms with E-state index in [9.17, 15) is 13.2 Å². The summed E-state index contributed by atoms with van der Waals surface area (Å²) in [4.78, 5) is 11.9. The Morgan fingerprint density at radius 1 is 1.44 bits per heavy atom. The molecular weight excluding hydrogens is 236 g/mol. The molecule has 0 bridgehead atoms. The highest BCUT2D eigenvalue weighted by Gasteiger charge is 2.33. The zero-order valence-electron chi connectivity index (χ0n) is 9.03. The average molecular weight is 252 g/mol. The van der Waals surface area contributed by atoms with E-state index in [2.05, 4.69) is 0 Å². The van der Waals surface area contributed by atoms with E-state index >= 15 is 0 Å². The van der Waals surface area contributed by atoms with Gasteiger partial charge in [0.2, 0.25) is 10.0 Å². The largest absolute Gasteiger partial charge is 0.465 e. The van der Waals surface area contributed by atoms with Crippen molar-refractivity contribution in [1.29, 1.82) is 0 Å². The monoisotopic (exact) mass is 252 g/mol. The molecule has 1 heterocycles. The van der Waals surface area contributed by atoms with Crippen LogP contribution in [-0.4, -0.2) is 72.5 Å². The van der Waals surface area contributed by atoms with Gasteiger partial charge in [-0.05, 0) is 6.42 Å². The normalized spacial score (nSPS) is 23.4. The molecule has 0 spiro atoms. The summed E-state index contributed by atoms with van der Waals surface area (Å²) < 4.78 is 24.1. The molecule has 1 saturated heterocycles. The highest BCUT2D eigenvalue weighted by Crippen LogP contribution is 2.16. The number of rotatable bonds is 3. The maximum absolute atomic E-state index is 11.4. The van der Waals surface area contributed by atoms with Crippen LogP contribution in [0.25, 0.3) is 0 Å². The molecule has 0 aromatic rings. The third-order valence-corrected chi connectivity index (χ3v) is 3.92. The molecule has 0 aromatic carbocycles. The van der Waals surface area contributed by atoms with Crippen LogP contribution >= 0.6 is 0 Å². The second kappa shape index (κ2) is 4.98. The number of carboxylic acid groups (broad SMARTS) is 1. The van der Waals surface area contributed by atoms with Crippen LogP contribution in [0, 0.1) is 0 Å². The van der Waals surface area contributed by atoms with Gasteiger partial charge in [-0.3, -0.25) is 0 Å². The molecular formula is C8H16N2O5S. The summed E-state index contributed by atoms with van der Waals surface area (Å²) in [6.45, 7) is 0.271. The van der Waals surface area contributed by atoms with Gasteiger partial charge in [0.05, 0.1) is 6.26 Å². The smallest absolute Gasteiger partial charge is 0.407 e. The fraction of sp³-hybridized carbons (Fsp3) is 0.875. The minimum absolute atomic E-state index is 0.114. The first-order valence-corrected chi connectivity index (χ1v) is 6.76. The van der Waals surface area contributed by atoms with Gasteiger partial charge in [0.25, 0.3) is 0 Å². The zero-order valence-corrected chi connectivity index (χ0v) is 9.85. The number of hydrogen-bond acceptors (Lipinski definition) is 4. The van der Waals surface area contributed by atoms with Crippen molar-refractivity contribution in [3.05, 3.63) is 0 Å². The van der Waals surface area contributed by atoms with Crippen LogP contribution in [0.3, 0.4) is 0 Å². The van der Waals surface area contributed by atoms with Crippen molar-refractivity contribution in [3.8, 4) is 0 Å². The van der Waals surface area contributed by atoms with Crippen LogP contribution in [-0.2, 0) is 10.0 Å². The van der Waals surface area contributed by atoms with Crippen molar-refractivity contribution in [3.63, 3.8) is 0 Å². The number of piperazine rings is 1. The Kier molecular flexibility index (Phi) is 4.11. The molecule has 7 nitrogen and oxygen atoms in total. The molecule has 16 heavy (non-hydrogen) atoms. The summed E-state index contributed by atoms with van der Waals surface area (Å²) in [6.07, 6.45) is 0.279. The molecule has 1 atom stereocenters. The molecule has 94 valence electrons. The van der Waals surface area contributed by atoms with Crippen LogP contribution in [0.5, 0.6) is 0 Å². The standard InChI is InChI=1S/C8H16N2O5S/c1-16(14,15)10-4-3-9(8(12)13)6-7(10)2-5-11/h7,11H,2-6H2,1H3,(H,12,13). The summed E-state index contributed by atoms with van der Waals surface area (Å²) in [5, 5.41) is 17.6. The van der Waals surface area contributed by atoms with Crippen LogP contribution in [0.2, 0.25) is 0 Å². The van der Waals surface area contributed by atoms with Crippen LogP contribution in [0.4, 0.5) is 4.79 Å². The predicted molar refractivity (Wildman–Crippen MR) is 56.6 cm³/mol. The molecule has 1 unspecified atom stereocenters. The number of amides is 1. The van der Waals surface area contributed by atoms with Crippen molar-refractivity contribution in [1.82, 2.24) is 9.21 Å². The fourth-order valence-corrected chi connectivity index (χ4v) is 2.96. The van der Waals surface area contributed by atoms with Crippen molar-refractivity contribution in [2.45, 2.75) is 12.5 Å². The minimum atomic E-state index is -3.34. The molecule has 0 aliphatic carbocycles. The zero-order chi connectivity index (χ0) is 12.3. The van der Waals surface area contributed by atoms with Gasteiger partial charge in [0.15, 0.2) is 0 Å². The number of hydrogen-bond donors (Lipinski definition) is 2. The quantitative estimate of drug-likeness (QED) is 0.671. The number of carbonyl (C=O) groups is 1. The minimum Gasteiger partial charge on any atom is -0.465 e. The van der Waals surface area contributed by atoms with E-state index in [1.807, 2.05) is 0 Å². The van der Waals surface area contributed by atoms with Gasteiger partial charge in [0.1, 0.15) is 0 Å². The van der Waals surface area contributed by atoms with Crippen molar-refractivity contribution in [2.24, 2.45) is 0 Å². The maximum Gasteiger partial charge on any atom is 0.407 e. The van der Waals surface area contributed by atoms with Crippen molar-refractivity contribution >= 4 is 16.1 Å². The number of sulfonamides is 1. The van der Waals surface area contributed by atoms with E-state index in [-0.39, 0.29) is 32.7 Å². The maximum atomic E-state index is 11.4. The molecule has 1 fully saturated rings. The summed E-state index contributed by atoms with van der Waals surface area (Å²) in [5.41, 5.74) is 0. The lowest BCUT2D eigenvalue weighted by atomic mass is 10.1. The summed E-state index contributed by atoms with van der Waals surface area (Å²) in [7, 11) is -3.34. The lowest BCUT2D eigenvalue weighted by Crippen LogP contribution is -2.56. The Bertz CT molecular complexity index is 355. The molecule has 0 saturated carbocycles. The first-order chi connectivity index (χ1) is 7.36. The van der Waals surface area contributed by atoms with E-state index in [0.717, 1.165) is 6.26 Å². The summed E-state index contributed by atoms with van der Waals surface area (Å²) in [5.74, 6) is 0. The van der Waals surface area contributed by atoms with Gasteiger partial charge in [-0.15, -0.1) is 0 Å². The number of aliphatic hydroxyl groups excluding tert-OH is 1. The van der Waals surface area contributed by atoms with E-state index in [0.29, 0.717) is 0 Å². The van der Waals surface area contributed by atoms with E-state index in [4.69, 9.17) is 10.2 Å². The van der Waals surface area contributed by atoms with Gasteiger partial charge in [-0.25, -0.2) is 13.2 Å². The van der Waals surface area contributed by atoms with Crippen LogP contribution in [0.1, 0.15) is 6.42 Å². The van der Waals surface area contributed by atoms with Crippen LogP contribution in [0.15, 0.2) is 0 Å². The Balaban J connectivity index is 2.79. The third kappa shape index (κ3) is 3.06. The number of aliphatic hydroxyl groups is 1. The third-order valence-electron chi connectivity index (χ3n) is 2.59. The molecule has 1 aliphatic rings. The highest BCUT2D eigenvalue weighted by molar-refractivity contribution is 7.88. The molecule has 0 aromatic heterocycles. The second-order valence-corrected chi connectivity index (χ2v) is 5.70. The fourth-order valence-electron chi connectivity index (χ4n) is 1.83. The molecule has 1 aliphatic heterocycles. The molecule has 1 rings (SSSR count).